The fourth-order valence-corrected chi connectivity index (χ4v) is 2.01. The first-order valence-corrected chi connectivity index (χ1v) is 6.81. The van der Waals surface area contributed by atoms with E-state index in [9.17, 15) is 4.79 Å². The number of hydrogen-bond donors (Lipinski definition) is 3. The average molecular weight is 279 g/mol. The van der Waals surface area contributed by atoms with Gasteiger partial charge in [-0.05, 0) is 25.1 Å². The van der Waals surface area contributed by atoms with Gasteiger partial charge in [0.1, 0.15) is 0 Å². The maximum absolute atomic E-state index is 11.7. The molecule has 4 N–H and O–H groups in total. The summed E-state index contributed by atoms with van der Waals surface area (Å²) in [7, 11) is 0. The maximum Gasteiger partial charge on any atom is 0.251 e. The molecule has 1 atom stereocenters. The second-order valence-electron chi connectivity index (χ2n) is 4.61. The highest BCUT2D eigenvalue weighted by molar-refractivity contribution is 5.96. The van der Waals surface area contributed by atoms with Gasteiger partial charge in [-0.1, -0.05) is 0 Å². The van der Waals surface area contributed by atoms with Crippen molar-refractivity contribution in [1.82, 2.24) is 5.32 Å². The van der Waals surface area contributed by atoms with Crippen LogP contribution in [-0.2, 0) is 9.47 Å². The molecule has 1 saturated heterocycles. The number of rotatable bonds is 5. The molecule has 1 amide bonds. The van der Waals surface area contributed by atoms with E-state index in [0.717, 1.165) is 5.69 Å². The number of carbonyl (C=O) groups is 1. The van der Waals surface area contributed by atoms with Gasteiger partial charge in [0.2, 0.25) is 0 Å². The first-order valence-electron chi connectivity index (χ1n) is 6.81. The van der Waals surface area contributed by atoms with Crippen LogP contribution in [0.25, 0.3) is 0 Å². The van der Waals surface area contributed by atoms with Gasteiger partial charge in [-0.2, -0.15) is 0 Å². The molecule has 20 heavy (non-hydrogen) atoms. The van der Waals surface area contributed by atoms with Crippen LogP contribution < -0.4 is 16.4 Å². The Morgan fingerprint density at radius 1 is 1.45 bits per heavy atom. The van der Waals surface area contributed by atoms with Crippen LogP contribution in [0.5, 0.6) is 0 Å². The smallest absolute Gasteiger partial charge is 0.251 e. The number of benzene rings is 1. The zero-order valence-corrected chi connectivity index (χ0v) is 11.6. The van der Waals surface area contributed by atoms with E-state index in [-0.39, 0.29) is 12.0 Å². The second-order valence-corrected chi connectivity index (χ2v) is 4.61. The fraction of sp³-hybridized carbons (Fsp3) is 0.500. The van der Waals surface area contributed by atoms with Crippen molar-refractivity contribution >= 4 is 17.3 Å². The second kappa shape index (κ2) is 7.12. The zero-order valence-electron chi connectivity index (χ0n) is 11.6. The molecule has 0 aliphatic carbocycles. The van der Waals surface area contributed by atoms with Crippen molar-refractivity contribution in [2.75, 3.05) is 44.0 Å². The number of anilines is 2. The summed E-state index contributed by atoms with van der Waals surface area (Å²) < 4.78 is 10.9. The summed E-state index contributed by atoms with van der Waals surface area (Å²) in [5.74, 6) is -0.116. The van der Waals surface area contributed by atoms with Crippen molar-refractivity contribution in [3.8, 4) is 0 Å². The predicted molar refractivity (Wildman–Crippen MR) is 77.9 cm³/mol. The van der Waals surface area contributed by atoms with Crippen LogP contribution in [0, 0.1) is 0 Å². The molecule has 1 fully saturated rings. The van der Waals surface area contributed by atoms with Crippen LogP contribution in [0.1, 0.15) is 17.3 Å². The number of amides is 1. The van der Waals surface area contributed by atoms with E-state index in [1.807, 2.05) is 13.0 Å². The van der Waals surface area contributed by atoms with Gasteiger partial charge in [-0.25, -0.2) is 0 Å². The van der Waals surface area contributed by atoms with Crippen LogP contribution in [0.4, 0.5) is 11.4 Å². The molecule has 110 valence electrons. The Hall–Kier alpha value is -1.79. The van der Waals surface area contributed by atoms with E-state index >= 15 is 0 Å². The number of hydrogen-bond acceptors (Lipinski definition) is 5. The Bertz CT molecular complexity index is 459. The van der Waals surface area contributed by atoms with Gasteiger partial charge in [0.15, 0.2) is 0 Å². The lowest BCUT2D eigenvalue weighted by molar-refractivity contribution is -0.0818. The van der Waals surface area contributed by atoms with E-state index in [2.05, 4.69) is 10.6 Å². The van der Waals surface area contributed by atoms with E-state index in [4.69, 9.17) is 15.2 Å². The molecule has 1 aromatic rings. The van der Waals surface area contributed by atoms with Gasteiger partial charge in [0.05, 0.1) is 37.3 Å². The molecule has 0 aromatic heterocycles. The Balaban J connectivity index is 1.93. The summed E-state index contributed by atoms with van der Waals surface area (Å²) in [4.78, 5) is 11.7. The molecular formula is C14H21N3O3. The van der Waals surface area contributed by atoms with Crippen molar-refractivity contribution < 1.29 is 14.3 Å². The van der Waals surface area contributed by atoms with E-state index < -0.39 is 0 Å². The van der Waals surface area contributed by atoms with Crippen LogP contribution >= 0.6 is 0 Å². The average Bonchev–Trinajstić information content (AvgIpc) is 2.47. The topological polar surface area (TPSA) is 85.6 Å². The van der Waals surface area contributed by atoms with Crippen LogP contribution in [0.3, 0.4) is 0 Å². The molecule has 1 unspecified atom stereocenters. The number of ether oxygens (including phenoxy) is 2. The molecular weight excluding hydrogens is 258 g/mol. The van der Waals surface area contributed by atoms with Crippen molar-refractivity contribution in [3.63, 3.8) is 0 Å². The Kier molecular flexibility index (Phi) is 5.20. The van der Waals surface area contributed by atoms with Crippen LogP contribution in [0.15, 0.2) is 18.2 Å². The first kappa shape index (κ1) is 14.6. The summed E-state index contributed by atoms with van der Waals surface area (Å²) in [5, 5.41) is 5.96. The molecule has 0 spiro atoms. The lowest BCUT2D eigenvalue weighted by Gasteiger charge is -2.23. The molecule has 0 radical (unpaired) electrons. The number of nitrogens with one attached hydrogen (secondary N) is 2. The fourth-order valence-electron chi connectivity index (χ4n) is 2.01. The van der Waals surface area contributed by atoms with Gasteiger partial charge in [0.25, 0.3) is 5.91 Å². The Morgan fingerprint density at radius 3 is 2.95 bits per heavy atom. The summed E-state index contributed by atoms with van der Waals surface area (Å²) >= 11 is 0. The standard InChI is InChI=1S/C14H21N3O3/c1-2-16-14(18)10-3-4-13(12(15)7-10)17-8-11-9-19-5-6-20-11/h3-4,7,11,17H,2,5-6,8-9,15H2,1H3,(H,16,18). The molecule has 1 aliphatic heterocycles. The summed E-state index contributed by atoms with van der Waals surface area (Å²) in [6.45, 7) is 4.97. The molecule has 1 heterocycles. The SMILES string of the molecule is CCNC(=O)c1ccc(NCC2COCCO2)c(N)c1. The van der Waals surface area contributed by atoms with Gasteiger partial charge in [0, 0.05) is 18.7 Å². The third-order valence-corrected chi connectivity index (χ3v) is 3.06. The first-order chi connectivity index (χ1) is 9.70. The third-order valence-electron chi connectivity index (χ3n) is 3.06. The minimum atomic E-state index is -0.116. The molecule has 0 bridgehead atoms. The molecule has 6 heteroatoms. The lowest BCUT2D eigenvalue weighted by atomic mass is 10.1. The molecule has 1 aliphatic rings. The van der Waals surface area contributed by atoms with Gasteiger partial charge < -0.3 is 25.8 Å². The summed E-state index contributed by atoms with van der Waals surface area (Å²) in [5.41, 5.74) is 7.86. The normalized spacial score (nSPS) is 18.6. The zero-order chi connectivity index (χ0) is 14.4. The molecule has 0 saturated carbocycles. The Morgan fingerprint density at radius 2 is 2.30 bits per heavy atom. The highest BCUT2D eigenvalue weighted by Crippen LogP contribution is 2.20. The van der Waals surface area contributed by atoms with E-state index in [1.165, 1.54) is 0 Å². The largest absolute Gasteiger partial charge is 0.397 e. The summed E-state index contributed by atoms with van der Waals surface area (Å²) in [6, 6.07) is 5.23. The van der Waals surface area contributed by atoms with Crippen molar-refractivity contribution in [2.24, 2.45) is 0 Å². The number of nitrogens with two attached hydrogens (primary N) is 1. The monoisotopic (exact) mass is 279 g/mol. The quantitative estimate of drug-likeness (QED) is 0.696. The predicted octanol–water partition coefficient (Wildman–Crippen LogP) is 0.846. The highest BCUT2D eigenvalue weighted by atomic mass is 16.6. The highest BCUT2D eigenvalue weighted by Gasteiger charge is 2.14. The lowest BCUT2D eigenvalue weighted by Crippen LogP contribution is -2.34. The molecule has 6 nitrogen and oxygen atoms in total. The van der Waals surface area contributed by atoms with E-state index in [0.29, 0.717) is 44.2 Å². The Labute approximate surface area is 118 Å². The minimum Gasteiger partial charge on any atom is -0.397 e. The molecule has 1 aromatic carbocycles. The van der Waals surface area contributed by atoms with Crippen LogP contribution in [0.2, 0.25) is 0 Å². The van der Waals surface area contributed by atoms with Crippen molar-refractivity contribution in [1.29, 1.82) is 0 Å². The van der Waals surface area contributed by atoms with Gasteiger partial charge in [-0.3, -0.25) is 4.79 Å². The van der Waals surface area contributed by atoms with Gasteiger partial charge in [-0.15, -0.1) is 0 Å². The van der Waals surface area contributed by atoms with E-state index in [1.54, 1.807) is 12.1 Å². The third kappa shape index (κ3) is 3.85. The number of nitrogen functional groups attached to an aromatic ring is 1. The minimum absolute atomic E-state index is 0.0335. The maximum atomic E-state index is 11.7. The van der Waals surface area contributed by atoms with Crippen molar-refractivity contribution in [2.45, 2.75) is 13.0 Å². The number of carbonyl (C=O) groups excluding carboxylic acids is 1. The van der Waals surface area contributed by atoms with Crippen LogP contribution in [-0.4, -0.2) is 44.9 Å². The molecule has 2 rings (SSSR count). The summed E-state index contributed by atoms with van der Waals surface area (Å²) in [6.07, 6.45) is 0.0335. The van der Waals surface area contributed by atoms with Gasteiger partial charge >= 0.3 is 0 Å². The van der Waals surface area contributed by atoms with Crippen molar-refractivity contribution in [3.05, 3.63) is 23.8 Å².